The summed E-state index contributed by atoms with van der Waals surface area (Å²) in [5.74, 6) is -0.539. The highest BCUT2D eigenvalue weighted by Gasteiger charge is 2.45. The first-order valence-electron chi connectivity index (χ1n) is 10.3. The fourth-order valence-corrected chi connectivity index (χ4v) is 4.37. The van der Waals surface area contributed by atoms with E-state index in [9.17, 15) is 14.0 Å². The number of nitrogens with one attached hydrogen (secondary N) is 1. The Balaban J connectivity index is 1.30. The van der Waals surface area contributed by atoms with Crippen LogP contribution >= 0.6 is 11.6 Å². The van der Waals surface area contributed by atoms with Crippen LogP contribution in [0.1, 0.15) is 24.8 Å². The third-order valence-electron chi connectivity index (χ3n) is 6.26. The maximum absolute atomic E-state index is 13.3. The lowest BCUT2D eigenvalue weighted by Crippen LogP contribution is -2.54. The van der Waals surface area contributed by atoms with Gasteiger partial charge in [0.25, 0.3) is 0 Å². The predicted octanol–water partition coefficient (Wildman–Crippen LogP) is 3.37. The number of carbonyl (C=O) groups excluding carboxylic acids is 2. The standard InChI is InChI=1S/C23H25ClFN3O2/c24-18-4-8-20(9-5-18)27-12-14-28(15-13-27)21(29)16-26-22(30)23(10-1-11-23)17-2-6-19(25)7-3-17/h2-9H,1,10-16H2,(H,26,30). The molecule has 4 rings (SSSR count). The van der Waals surface area contributed by atoms with E-state index < -0.39 is 5.41 Å². The van der Waals surface area contributed by atoms with Crippen molar-refractivity contribution in [1.82, 2.24) is 10.2 Å². The van der Waals surface area contributed by atoms with Crippen molar-refractivity contribution in [1.29, 1.82) is 0 Å². The van der Waals surface area contributed by atoms with Crippen LogP contribution in [0.15, 0.2) is 48.5 Å². The second-order valence-electron chi connectivity index (χ2n) is 7.97. The van der Waals surface area contributed by atoms with Gasteiger partial charge in [0.2, 0.25) is 11.8 Å². The van der Waals surface area contributed by atoms with Crippen molar-refractivity contribution in [2.45, 2.75) is 24.7 Å². The molecule has 2 aliphatic rings. The summed E-state index contributed by atoms with van der Waals surface area (Å²) >= 11 is 5.95. The number of hydrogen-bond acceptors (Lipinski definition) is 3. The average Bonchev–Trinajstić information content (AvgIpc) is 2.73. The second kappa shape index (κ2) is 8.64. The van der Waals surface area contributed by atoms with Gasteiger partial charge in [-0.1, -0.05) is 30.2 Å². The van der Waals surface area contributed by atoms with Gasteiger partial charge >= 0.3 is 0 Å². The van der Waals surface area contributed by atoms with E-state index in [1.807, 2.05) is 24.3 Å². The van der Waals surface area contributed by atoms with E-state index in [0.717, 1.165) is 43.6 Å². The molecular weight excluding hydrogens is 405 g/mol. The smallest absolute Gasteiger partial charge is 0.242 e. The second-order valence-corrected chi connectivity index (χ2v) is 8.41. The number of halogens is 2. The third-order valence-corrected chi connectivity index (χ3v) is 6.51. The third kappa shape index (κ3) is 4.15. The SMILES string of the molecule is O=C(CNC(=O)C1(c2ccc(F)cc2)CCC1)N1CCN(c2ccc(Cl)cc2)CC1. The molecule has 1 N–H and O–H groups in total. The Bertz CT molecular complexity index is 905. The Kier molecular flexibility index (Phi) is 5.95. The molecule has 30 heavy (non-hydrogen) atoms. The fraction of sp³-hybridized carbons (Fsp3) is 0.391. The lowest BCUT2D eigenvalue weighted by molar-refractivity contribution is -0.136. The first-order chi connectivity index (χ1) is 14.5. The Morgan fingerprint density at radius 3 is 2.17 bits per heavy atom. The Morgan fingerprint density at radius 1 is 0.967 bits per heavy atom. The van der Waals surface area contributed by atoms with Crippen molar-refractivity contribution in [2.75, 3.05) is 37.6 Å². The van der Waals surface area contributed by atoms with Crippen molar-refractivity contribution in [3.63, 3.8) is 0 Å². The Morgan fingerprint density at radius 2 is 1.60 bits per heavy atom. The van der Waals surface area contributed by atoms with Gasteiger partial charge in [-0.25, -0.2) is 4.39 Å². The maximum atomic E-state index is 13.3. The summed E-state index contributed by atoms with van der Waals surface area (Å²) in [6.07, 6.45) is 2.39. The molecule has 0 unspecified atom stereocenters. The molecule has 0 radical (unpaired) electrons. The molecule has 0 spiro atoms. The normalized spacial score (nSPS) is 17.9. The van der Waals surface area contributed by atoms with Crippen LogP contribution < -0.4 is 10.2 Å². The molecule has 1 saturated heterocycles. The minimum Gasteiger partial charge on any atom is -0.368 e. The molecule has 7 heteroatoms. The summed E-state index contributed by atoms with van der Waals surface area (Å²) in [6.45, 7) is 2.69. The van der Waals surface area contributed by atoms with E-state index in [2.05, 4.69) is 10.2 Å². The minimum atomic E-state index is -0.638. The molecule has 5 nitrogen and oxygen atoms in total. The lowest BCUT2D eigenvalue weighted by Gasteiger charge is -2.41. The molecule has 0 aromatic heterocycles. The largest absolute Gasteiger partial charge is 0.368 e. The average molecular weight is 430 g/mol. The van der Waals surface area contributed by atoms with Gasteiger partial charge in [0.1, 0.15) is 5.82 Å². The highest BCUT2D eigenvalue weighted by Crippen LogP contribution is 2.44. The molecule has 158 valence electrons. The maximum Gasteiger partial charge on any atom is 0.242 e. The van der Waals surface area contributed by atoms with Crippen molar-refractivity contribution >= 4 is 29.1 Å². The van der Waals surface area contributed by atoms with Crippen molar-refractivity contribution in [3.8, 4) is 0 Å². The number of piperazine rings is 1. The molecule has 1 aliphatic carbocycles. The van der Waals surface area contributed by atoms with E-state index in [0.29, 0.717) is 18.1 Å². The number of rotatable bonds is 5. The number of anilines is 1. The van der Waals surface area contributed by atoms with Crippen LogP contribution in [0, 0.1) is 5.82 Å². The molecule has 2 aromatic carbocycles. The van der Waals surface area contributed by atoms with Gasteiger partial charge in [-0.05, 0) is 54.8 Å². The van der Waals surface area contributed by atoms with E-state index in [-0.39, 0.29) is 24.2 Å². The predicted molar refractivity (Wildman–Crippen MR) is 115 cm³/mol. The molecule has 0 bridgehead atoms. The van der Waals surface area contributed by atoms with Gasteiger partial charge in [-0.15, -0.1) is 0 Å². The summed E-state index contributed by atoms with van der Waals surface area (Å²) in [4.78, 5) is 29.5. The van der Waals surface area contributed by atoms with Crippen LogP contribution in [0.25, 0.3) is 0 Å². The van der Waals surface area contributed by atoms with E-state index in [1.165, 1.54) is 12.1 Å². The highest BCUT2D eigenvalue weighted by molar-refractivity contribution is 6.30. The Hall–Kier alpha value is -2.60. The van der Waals surface area contributed by atoms with Gasteiger partial charge in [0, 0.05) is 36.9 Å². The number of benzene rings is 2. The number of amides is 2. The zero-order chi connectivity index (χ0) is 21.1. The summed E-state index contributed by atoms with van der Waals surface area (Å²) < 4.78 is 13.3. The minimum absolute atomic E-state index is 0.0112. The van der Waals surface area contributed by atoms with Crippen LogP contribution in [0.2, 0.25) is 5.02 Å². The molecule has 0 atom stereocenters. The number of carbonyl (C=O) groups is 2. The van der Waals surface area contributed by atoms with Crippen LogP contribution in [0.4, 0.5) is 10.1 Å². The van der Waals surface area contributed by atoms with Crippen molar-refractivity contribution < 1.29 is 14.0 Å². The molecule has 1 saturated carbocycles. The van der Waals surface area contributed by atoms with E-state index >= 15 is 0 Å². The first-order valence-corrected chi connectivity index (χ1v) is 10.7. The highest BCUT2D eigenvalue weighted by atomic mass is 35.5. The fourth-order valence-electron chi connectivity index (χ4n) is 4.25. The monoisotopic (exact) mass is 429 g/mol. The molecule has 2 amide bonds. The van der Waals surface area contributed by atoms with Gasteiger partial charge in [0.15, 0.2) is 0 Å². The summed E-state index contributed by atoms with van der Waals surface area (Å²) in [5.41, 5.74) is 1.27. The summed E-state index contributed by atoms with van der Waals surface area (Å²) in [5, 5.41) is 3.53. The van der Waals surface area contributed by atoms with E-state index in [1.54, 1.807) is 17.0 Å². The van der Waals surface area contributed by atoms with Crippen LogP contribution in [-0.4, -0.2) is 49.4 Å². The lowest BCUT2D eigenvalue weighted by atomic mass is 9.64. The van der Waals surface area contributed by atoms with Gasteiger partial charge in [-0.3, -0.25) is 9.59 Å². The molecule has 2 aromatic rings. The van der Waals surface area contributed by atoms with Crippen molar-refractivity contribution in [3.05, 3.63) is 64.9 Å². The van der Waals surface area contributed by atoms with Gasteiger partial charge in [-0.2, -0.15) is 0 Å². The molecule has 2 fully saturated rings. The molecular formula is C23H25ClFN3O2. The first kappa shape index (κ1) is 20.7. The van der Waals surface area contributed by atoms with Crippen LogP contribution in [0.5, 0.6) is 0 Å². The zero-order valence-electron chi connectivity index (χ0n) is 16.7. The summed E-state index contributed by atoms with van der Waals surface area (Å²) in [6, 6.07) is 13.8. The van der Waals surface area contributed by atoms with Gasteiger partial charge < -0.3 is 15.1 Å². The Labute approximate surface area is 180 Å². The molecule has 1 heterocycles. The number of hydrogen-bond donors (Lipinski definition) is 1. The van der Waals surface area contributed by atoms with Crippen LogP contribution in [-0.2, 0) is 15.0 Å². The summed E-state index contributed by atoms with van der Waals surface area (Å²) in [7, 11) is 0. The van der Waals surface area contributed by atoms with Crippen molar-refractivity contribution in [2.24, 2.45) is 0 Å². The zero-order valence-corrected chi connectivity index (χ0v) is 17.5. The van der Waals surface area contributed by atoms with E-state index in [4.69, 9.17) is 11.6 Å². The van der Waals surface area contributed by atoms with Gasteiger partial charge in [0.05, 0.1) is 12.0 Å². The topological polar surface area (TPSA) is 52.7 Å². The quantitative estimate of drug-likeness (QED) is 0.792. The molecule has 1 aliphatic heterocycles. The van der Waals surface area contributed by atoms with Crippen LogP contribution in [0.3, 0.4) is 0 Å². The number of nitrogens with zero attached hydrogens (tertiary/aromatic N) is 2.